The van der Waals surface area contributed by atoms with Gasteiger partial charge in [0.1, 0.15) is 0 Å². The van der Waals surface area contributed by atoms with Crippen molar-refractivity contribution in [2.24, 2.45) is 0 Å². The minimum Gasteiger partial charge on any atom is -0.0580 e. The Bertz CT molecular complexity index is 539. The van der Waals surface area contributed by atoms with E-state index < -0.39 is 0 Å². The summed E-state index contributed by atoms with van der Waals surface area (Å²) < 4.78 is 2.68. The Morgan fingerprint density at radius 1 is 0.833 bits per heavy atom. The maximum Gasteiger partial charge on any atom is 0.0159 e. The molecule has 94 valence electrons. The van der Waals surface area contributed by atoms with Gasteiger partial charge in [-0.15, -0.1) is 0 Å². The zero-order chi connectivity index (χ0) is 13.1. The van der Waals surface area contributed by atoms with E-state index in [0.29, 0.717) is 0 Å². The molecule has 0 aliphatic rings. The van der Waals surface area contributed by atoms with Crippen molar-refractivity contribution < 1.29 is 0 Å². The second-order valence-corrected chi connectivity index (χ2v) is 7.13. The normalized spacial score (nSPS) is 10.7. The van der Waals surface area contributed by atoms with E-state index in [1.165, 1.54) is 29.4 Å². The molecule has 0 fully saturated rings. The van der Waals surface area contributed by atoms with Crippen LogP contribution in [0.4, 0.5) is 0 Å². The van der Waals surface area contributed by atoms with Gasteiger partial charge in [-0.05, 0) is 112 Å². The van der Waals surface area contributed by atoms with E-state index in [4.69, 9.17) is 0 Å². The highest BCUT2D eigenvalue weighted by atomic mass is 127. The highest BCUT2D eigenvalue weighted by Gasteiger charge is 2.00. The Morgan fingerprint density at radius 2 is 1.56 bits per heavy atom. The monoisotopic (exact) mass is 462 g/mol. The number of aryl methyl sites for hydroxylation is 4. The SMILES string of the molecule is Cc1cc(I)cc(CCc2ccc(I)c(C)c2)c1. The van der Waals surface area contributed by atoms with Crippen LogP contribution >= 0.6 is 45.2 Å². The van der Waals surface area contributed by atoms with Crippen molar-refractivity contribution in [3.05, 3.63) is 65.8 Å². The summed E-state index contributed by atoms with van der Waals surface area (Å²) in [6.45, 7) is 4.35. The van der Waals surface area contributed by atoms with Crippen molar-refractivity contribution in [3.63, 3.8) is 0 Å². The Balaban J connectivity index is 2.08. The third-order valence-electron chi connectivity index (χ3n) is 3.03. The number of hydrogen-bond acceptors (Lipinski definition) is 0. The molecule has 0 saturated carbocycles. The summed E-state index contributed by atoms with van der Waals surface area (Å²) in [6, 6.07) is 13.6. The lowest BCUT2D eigenvalue weighted by atomic mass is 10.0. The van der Waals surface area contributed by atoms with Gasteiger partial charge in [0, 0.05) is 7.14 Å². The zero-order valence-electron chi connectivity index (χ0n) is 10.6. The van der Waals surface area contributed by atoms with Gasteiger partial charge in [-0.25, -0.2) is 0 Å². The molecule has 2 aromatic rings. The van der Waals surface area contributed by atoms with Gasteiger partial charge in [-0.1, -0.05) is 18.2 Å². The zero-order valence-corrected chi connectivity index (χ0v) is 14.9. The van der Waals surface area contributed by atoms with Crippen LogP contribution in [0.3, 0.4) is 0 Å². The molecule has 0 aliphatic carbocycles. The van der Waals surface area contributed by atoms with Gasteiger partial charge in [0.15, 0.2) is 0 Å². The molecule has 0 aliphatic heterocycles. The Labute approximate surface area is 136 Å². The van der Waals surface area contributed by atoms with Gasteiger partial charge in [0.25, 0.3) is 0 Å². The maximum atomic E-state index is 2.39. The molecule has 0 nitrogen and oxygen atoms in total. The molecule has 0 bridgehead atoms. The molecule has 0 saturated heterocycles. The second kappa shape index (κ2) is 6.37. The van der Waals surface area contributed by atoms with Crippen molar-refractivity contribution in [1.82, 2.24) is 0 Å². The van der Waals surface area contributed by atoms with Crippen LogP contribution in [0.2, 0.25) is 0 Å². The van der Waals surface area contributed by atoms with Crippen LogP contribution in [-0.2, 0) is 12.8 Å². The van der Waals surface area contributed by atoms with E-state index in [2.05, 4.69) is 95.4 Å². The van der Waals surface area contributed by atoms with Gasteiger partial charge in [-0.3, -0.25) is 0 Å². The quantitative estimate of drug-likeness (QED) is 0.544. The average molecular weight is 462 g/mol. The number of benzene rings is 2. The van der Waals surface area contributed by atoms with E-state index in [1.807, 2.05) is 0 Å². The first-order valence-electron chi connectivity index (χ1n) is 6.06. The van der Waals surface area contributed by atoms with Crippen LogP contribution in [0.1, 0.15) is 22.3 Å². The average Bonchev–Trinajstić information content (AvgIpc) is 2.29. The van der Waals surface area contributed by atoms with E-state index in [9.17, 15) is 0 Å². The Morgan fingerprint density at radius 3 is 2.22 bits per heavy atom. The Hall–Kier alpha value is -0.100. The van der Waals surface area contributed by atoms with E-state index in [1.54, 1.807) is 0 Å². The third-order valence-corrected chi connectivity index (χ3v) is 4.86. The van der Waals surface area contributed by atoms with Crippen LogP contribution in [0.15, 0.2) is 36.4 Å². The fraction of sp³-hybridized carbons (Fsp3) is 0.250. The Kier molecular flexibility index (Phi) is 5.06. The van der Waals surface area contributed by atoms with Gasteiger partial charge < -0.3 is 0 Å². The van der Waals surface area contributed by atoms with Crippen LogP contribution in [0, 0.1) is 21.0 Å². The summed E-state index contributed by atoms with van der Waals surface area (Å²) >= 11 is 4.78. The molecule has 0 heterocycles. The summed E-state index contributed by atoms with van der Waals surface area (Å²) in [5, 5.41) is 0. The molecule has 18 heavy (non-hydrogen) atoms. The predicted octanol–water partition coefficient (Wildman–Crippen LogP) is 5.30. The molecule has 2 aromatic carbocycles. The van der Waals surface area contributed by atoms with Gasteiger partial charge in [0.2, 0.25) is 0 Å². The third kappa shape index (κ3) is 3.95. The van der Waals surface area contributed by atoms with Gasteiger partial charge in [-0.2, -0.15) is 0 Å². The summed E-state index contributed by atoms with van der Waals surface area (Å²) in [5.41, 5.74) is 5.61. The maximum absolute atomic E-state index is 2.39. The van der Waals surface area contributed by atoms with Crippen molar-refractivity contribution >= 4 is 45.2 Å². The summed E-state index contributed by atoms with van der Waals surface area (Å²) in [6.07, 6.45) is 2.25. The second-order valence-electron chi connectivity index (χ2n) is 4.72. The van der Waals surface area contributed by atoms with Gasteiger partial charge in [0.05, 0.1) is 0 Å². The first kappa shape index (κ1) is 14.3. The largest absolute Gasteiger partial charge is 0.0580 e. The summed E-state index contributed by atoms with van der Waals surface area (Å²) in [5.74, 6) is 0. The highest BCUT2D eigenvalue weighted by Crippen LogP contribution is 2.17. The molecule has 0 amide bonds. The van der Waals surface area contributed by atoms with Crippen LogP contribution in [0.25, 0.3) is 0 Å². The molecule has 2 rings (SSSR count). The first-order chi connectivity index (χ1) is 8.54. The topological polar surface area (TPSA) is 0 Å². The van der Waals surface area contributed by atoms with E-state index in [0.717, 1.165) is 12.8 Å². The number of hydrogen-bond donors (Lipinski definition) is 0. The number of rotatable bonds is 3. The molecule has 0 aromatic heterocycles. The minimum absolute atomic E-state index is 1.12. The molecule has 0 radical (unpaired) electrons. The fourth-order valence-electron chi connectivity index (χ4n) is 2.11. The summed E-state index contributed by atoms with van der Waals surface area (Å²) in [7, 11) is 0. The first-order valence-corrected chi connectivity index (χ1v) is 8.21. The molecule has 0 N–H and O–H groups in total. The van der Waals surface area contributed by atoms with Crippen LogP contribution in [0.5, 0.6) is 0 Å². The van der Waals surface area contributed by atoms with Crippen LogP contribution < -0.4 is 0 Å². The molecule has 0 spiro atoms. The predicted molar refractivity (Wildman–Crippen MR) is 95.2 cm³/mol. The van der Waals surface area contributed by atoms with Crippen molar-refractivity contribution in [2.75, 3.05) is 0 Å². The highest BCUT2D eigenvalue weighted by molar-refractivity contribution is 14.1. The minimum atomic E-state index is 1.12. The molecule has 2 heteroatoms. The summed E-state index contributed by atoms with van der Waals surface area (Å²) in [4.78, 5) is 0. The lowest BCUT2D eigenvalue weighted by molar-refractivity contribution is 0.954. The molecular weight excluding hydrogens is 446 g/mol. The van der Waals surface area contributed by atoms with E-state index >= 15 is 0 Å². The standard InChI is InChI=1S/C16H16I2/c1-11-7-14(10-15(17)8-11)4-3-13-5-6-16(18)12(2)9-13/h5-10H,3-4H2,1-2H3. The van der Waals surface area contributed by atoms with Crippen molar-refractivity contribution in [3.8, 4) is 0 Å². The van der Waals surface area contributed by atoms with Crippen molar-refractivity contribution in [1.29, 1.82) is 0 Å². The smallest absolute Gasteiger partial charge is 0.0159 e. The van der Waals surface area contributed by atoms with Crippen LogP contribution in [-0.4, -0.2) is 0 Å². The van der Waals surface area contributed by atoms with E-state index in [-0.39, 0.29) is 0 Å². The van der Waals surface area contributed by atoms with Crippen molar-refractivity contribution in [2.45, 2.75) is 26.7 Å². The fourth-order valence-corrected chi connectivity index (χ4v) is 3.33. The molecule has 0 unspecified atom stereocenters. The van der Waals surface area contributed by atoms with Gasteiger partial charge >= 0.3 is 0 Å². The molecular formula is C16H16I2. The lowest BCUT2D eigenvalue weighted by Gasteiger charge is -2.06. The molecule has 0 atom stereocenters. The number of halogens is 2. The lowest BCUT2D eigenvalue weighted by Crippen LogP contribution is -1.94.